The maximum absolute atomic E-state index is 13.3. The van der Waals surface area contributed by atoms with Gasteiger partial charge in [0.1, 0.15) is 11.9 Å². The molecule has 0 aliphatic carbocycles. The second-order valence-corrected chi connectivity index (χ2v) is 5.10. The average molecular weight is 266 g/mol. The third-order valence-corrected chi connectivity index (χ3v) is 3.31. The van der Waals surface area contributed by atoms with Crippen LogP contribution in [-0.4, -0.2) is 24.2 Å². The molecule has 2 rings (SSSR count). The summed E-state index contributed by atoms with van der Waals surface area (Å²) in [5.41, 5.74) is 6.74. The molecule has 3 N–H and O–H groups in total. The molecule has 4 nitrogen and oxygen atoms in total. The zero-order valence-corrected chi connectivity index (χ0v) is 11.2. The van der Waals surface area contributed by atoms with Gasteiger partial charge in [0.2, 0.25) is 5.91 Å². The molecule has 19 heavy (non-hydrogen) atoms. The molecule has 1 fully saturated rings. The van der Waals surface area contributed by atoms with Crippen LogP contribution in [0.4, 0.5) is 10.1 Å². The standard InChI is InChI=1S/C14H19FN2O2/c1-8-5-10(15)7-11(6-8)17-13(14(16)18)12-4-3-9(2)19-12/h5-7,9,12-13,17H,3-4H2,1-2H3,(H2,16,18). The fourth-order valence-corrected chi connectivity index (χ4v) is 2.43. The highest BCUT2D eigenvalue weighted by atomic mass is 19.1. The van der Waals surface area contributed by atoms with E-state index in [9.17, 15) is 9.18 Å². The molecule has 5 heteroatoms. The van der Waals surface area contributed by atoms with Gasteiger partial charge in [0.05, 0.1) is 12.2 Å². The number of hydrogen-bond donors (Lipinski definition) is 2. The van der Waals surface area contributed by atoms with Crippen molar-refractivity contribution in [2.24, 2.45) is 5.73 Å². The first-order valence-corrected chi connectivity index (χ1v) is 6.44. The van der Waals surface area contributed by atoms with Crippen molar-refractivity contribution in [3.8, 4) is 0 Å². The lowest BCUT2D eigenvalue weighted by molar-refractivity contribution is -0.121. The molecule has 1 amide bonds. The summed E-state index contributed by atoms with van der Waals surface area (Å²) in [5, 5.41) is 2.98. The van der Waals surface area contributed by atoms with E-state index in [4.69, 9.17) is 10.5 Å². The number of ether oxygens (including phenoxy) is 1. The SMILES string of the molecule is Cc1cc(F)cc(NC(C(N)=O)C2CCC(C)O2)c1. The maximum Gasteiger partial charge on any atom is 0.242 e. The smallest absolute Gasteiger partial charge is 0.242 e. The van der Waals surface area contributed by atoms with Gasteiger partial charge in [0.15, 0.2) is 0 Å². The van der Waals surface area contributed by atoms with Crippen molar-refractivity contribution in [1.82, 2.24) is 0 Å². The number of carbonyl (C=O) groups excluding carboxylic acids is 1. The van der Waals surface area contributed by atoms with Gasteiger partial charge in [-0.2, -0.15) is 0 Å². The summed E-state index contributed by atoms with van der Waals surface area (Å²) in [4.78, 5) is 11.6. The average Bonchev–Trinajstić information content (AvgIpc) is 2.70. The molecule has 3 unspecified atom stereocenters. The maximum atomic E-state index is 13.3. The summed E-state index contributed by atoms with van der Waals surface area (Å²) in [6, 6.07) is 3.92. The first-order chi connectivity index (χ1) is 8.95. The molecule has 1 aliphatic rings. The fourth-order valence-electron chi connectivity index (χ4n) is 2.43. The lowest BCUT2D eigenvalue weighted by atomic mass is 10.1. The Balaban J connectivity index is 2.14. The number of nitrogens with one attached hydrogen (secondary N) is 1. The first-order valence-electron chi connectivity index (χ1n) is 6.44. The molecule has 1 aliphatic heterocycles. The van der Waals surface area contributed by atoms with Gasteiger partial charge in [-0.3, -0.25) is 4.79 Å². The second kappa shape index (κ2) is 5.57. The van der Waals surface area contributed by atoms with Crippen molar-refractivity contribution in [2.45, 2.75) is 44.9 Å². The topological polar surface area (TPSA) is 64.3 Å². The van der Waals surface area contributed by atoms with Crippen molar-refractivity contribution in [3.63, 3.8) is 0 Å². The molecule has 1 saturated heterocycles. The van der Waals surface area contributed by atoms with Gasteiger partial charge in [-0.1, -0.05) is 0 Å². The lowest BCUT2D eigenvalue weighted by Gasteiger charge is -2.23. The first kappa shape index (κ1) is 13.8. The van der Waals surface area contributed by atoms with Gasteiger partial charge in [-0.25, -0.2) is 4.39 Å². The van der Waals surface area contributed by atoms with Crippen LogP contribution in [0.5, 0.6) is 0 Å². The molecule has 3 atom stereocenters. The molecular weight excluding hydrogens is 247 g/mol. The number of anilines is 1. The largest absolute Gasteiger partial charge is 0.373 e. The van der Waals surface area contributed by atoms with Crippen LogP contribution in [0, 0.1) is 12.7 Å². The van der Waals surface area contributed by atoms with E-state index >= 15 is 0 Å². The van der Waals surface area contributed by atoms with E-state index in [1.807, 2.05) is 6.92 Å². The van der Waals surface area contributed by atoms with E-state index in [2.05, 4.69) is 5.32 Å². The van der Waals surface area contributed by atoms with Gasteiger partial charge in [-0.05, 0) is 50.5 Å². The lowest BCUT2D eigenvalue weighted by Crippen LogP contribution is -2.44. The van der Waals surface area contributed by atoms with E-state index in [1.54, 1.807) is 13.0 Å². The molecule has 0 saturated carbocycles. The summed E-state index contributed by atoms with van der Waals surface area (Å²) in [6.07, 6.45) is 1.55. The Morgan fingerprint density at radius 3 is 2.74 bits per heavy atom. The quantitative estimate of drug-likeness (QED) is 0.875. The number of hydrogen-bond acceptors (Lipinski definition) is 3. The number of rotatable bonds is 4. The Bertz CT molecular complexity index is 458. The van der Waals surface area contributed by atoms with Crippen molar-refractivity contribution in [3.05, 3.63) is 29.6 Å². The minimum Gasteiger partial charge on any atom is -0.373 e. The van der Waals surface area contributed by atoms with Gasteiger partial charge in [0, 0.05) is 5.69 Å². The fraction of sp³-hybridized carbons (Fsp3) is 0.500. The molecule has 1 heterocycles. The minimum absolute atomic E-state index is 0.128. The molecule has 1 aromatic rings. The van der Waals surface area contributed by atoms with Crippen LogP contribution in [-0.2, 0) is 9.53 Å². The molecule has 0 aromatic heterocycles. The third-order valence-electron chi connectivity index (χ3n) is 3.31. The summed E-state index contributed by atoms with van der Waals surface area (Å²) in [5.74, 6) is -0.826. The third kappa shape index (κ3) is 3.44. The highest BCUT2D eigenvalue weighted by Gasteiger charge is 2.33. The van der Waals surface area contributed by atoms with Crippen molar-refractivity contribution in [2.75, 3.05) is 5.32 Å². The van der Waals surface area contributed by atoms with Crippen LogP contribution >= 0.6 is 0 Å². The van der Waals surface area contributed by atoms with Crippen LogP contribution in [0.2, 0.25) is 0 Å². The highest BCUT2D eigenvalue weighted by Crippen LogP contribution is 2.24. The Kier molecular flexibility index (Phi) is 4.04. The number of amides is 1. The molecule has 0 radical (unpaired) electrons. The summed E-state index contributed by atoms with van der Waals surface area (Å²) in [6.45, 7) is 3.76. The summed E-state index contributed by atoms with van der Waals surface area (Å²) in [7, 11) is 0. The number of halogens is 1. The van der Waals surface area contributed by atoms with E-state index in [-0.39, 0.29) is 18.0 Å². The molecule has 0 bridgehead atoms. The summed E-state index contributed by atoms with van der Waals surface area (Å²) >= 11 is 0. The van der Waals surface area contributed by atoms with Crippen molar-refractivity contribution >= 4 is 11.6 Å². The zero-order valence-electron chi connectivity index (χ0n) is 11.2. The molecular formula is C14H19FN2O2. The minimum atomic E-state index is -0.633. The van der Waals surface area contributed by atoms with E-state index in [0.29, 0.717) is 5.69 Å². The number of benzene rings is 1. The molecule has 0 spiro atoms. The van der Waals surface area contributed by atoms with Crippen LogP contribution in [0.3, 0.4) is 0 Å². The second-order valence-electron chi connectivity index (χ2n) is 5.10. The number of aryl methyl sites for hydroxylation is 1. The molecule has 104 valence electrons. The number of nitrogens with two attached hydrogens (primary N) is 1. The van der Waals surface area contributed by atoms with Crippen LogP contribution in [0.15, 0.2) is 18.2 Å². The van der Waals surface area contributed by atoms with Crippen LogP contribution < -0.4 is 11.1 Å². The van der Waals surface area contributed by atoms with Gasteiger partial charge >= 0.3 is 0 Å². The monoisotopic (exact) mass is 266 g/mol. The van der Waals surface area contributed by atoms with Gasteiger partial charge in [0.25, 0.3) is 0 Å². The van der Waals surface area contributed by atoms with Gasteiger partial charge in [-0.15, -0.1) is 0 Å². The Morgan fingerprint density at radius 1 is 1.47 bits per heavy atom. The highest BCUT2D eigenvalue weighted by molar-refractivity contribution is 5.83. The van der Waals surface area contributed by atoms with Crippen molar-refractivity contribution in [1.29, 1.82) is 0 Å². The Hall–Kier alpha value is -1.62. The van der Waals surface area contributed by atoms with Crippen LogP contribution in [0.1, 0.15) is 25.3 Å². The predicted molar refractivity (Wildman–Crippen MR) is 71.3 cm³/mol. The zero-order chi connectivity index (χ0) is 14.0. The van der Waals surface area contributed by atoms with Gasteiger partial charge < -0.3 is 15.8 Å². The molecule has 1 aromatic carbocycles. The Morgan fingerprint density at radius 2 is 2.21 bits per heavy atom. The van der Waals surface area contributed by atoms with E-state index in [0.717, 1.165) is 18.4 Å². The Labute approximate surface area is 112 Å². The number of carbonyl (C=O) groups is 1. The van der Waals surface area contributed by atoms with Crippen LogP contribution in [0.25, 0.3) is 0 Å². The van der Waals surface area contributed by atoms with Crippen molar-refractivity contribution < 1.29 is 13.9 Å². The van der Waals surface area contributed by atoms with E-state index in [1.165, 1.54) is 12.1 Å². The predicted octanol–water partition coefficient (Wildman–Crippen LogP) is 1.97. The number of primary amides is 1. The van der Waals surface area contributed by atoms with E-state index < -0.39 is 11.9 Å². The normalized spacial score (nSPS) is 24.2. The summed E-state index contributed by atoms with van der Waals surface area (Å²) < 4.78 is 19.0.